The zero-order chi connectivity index (χ0) is 13.7. The van der Waals surface area contributed by atoms with Crippen LogP contribution >= 0.6 is 11.5 Å². The third kappa shape index (κ3) is 3.34. The molecule has 19 heavy (non-hydrogen) atoms. The molecule has 0 aliphatic carbocycles. The molecule has 0 unspecified atom stereocenters. The van der Waals surface area contributed by atoms with Crippen molar-refractivity contribution in [1.82, 2.24) is 29.7 Å². The predicted molar refractivity (Wildman–Crippen MR) is 70.9 cm³/mol. The molecule has 0 aromatic carbocycles. The van der Waals surface area contributed by atoms with E-state index in [-0.39, 0.29) is 5.91 Å². The van der Waals surface area contributed by atoms with Gasteiger partial charge in [-0.05, 0) is 18.0 Å². The van der Waals surface area contributed by atoms with E-state index in [4.69, 9.17) is 0 Å². The van der Waals surface area contributed by atoms with Gasteiger partial charge in [-0.3, -0.25) is 9.48 Å². The molecule has 2 rings (SSSR count). The smallest absolute Gasteiger partial charge is 0.264 e. The molecule has 0 saturated carbocycles. The summed E-state index contributed by atoms with van der Waals surface area (Å²) in [6.07, 6.45) is 3.88. The molecule has 0 spiro atoms. The minimum Gasteiger partial charge on any atom is -0.351 e. The van der Waals surface area contributed by atoms with E-state index in [1.165, 1.54) is 6.33 Å². The topological polar surface area (TPSA) is 85.6 Å². The second-order valence-corrected chi connectivity index (χ2v) is 4.86. The first-order chi connectivity index (χ1) is 9.22. The Kier molecular flexibility index (Phi) is 4.56. The average molecular weight is 280 g/mol. The third-order valence-corrected chi connectivity index (χ3v) is 3.45. The van der Waals surface area contributed by atoms with Crippen molar-refractivity contribution >= 4 is 17.4 Å². The van der Waals surface area contributed by atoms with E-state index in [0.717, 1.165) is 35.9 Å². The number of rotatable bonds is 6. The number of nitrogens with zero attached hydrogens (tertiary/aromatic N) is 5. The molecule has 0 aliphatic heterocycles. The molecule has 0 saturated heterocycles. The Labute approximate surface area is 115 Å². The molecule has 1 N–H and O–H groups in total. The standard InChI is InChI=1S/C11H16N6OS/c1-3-4-8-10(19-16-15-8)11(18)12-6-5-9-13-7-14-17(9)2/h7H,3-6H2,1-2H3,(H,12,18). The van der Waals surface area contributed by atoms with E-state index in [1.54, 1.807) is 4.68 Å². The Balaban J connectivity index is 1.87. The molecule has 0 bridgehead atoms. The van der Waals surface area contributed by atoms with Gasteiger partial charge in [-0.1, -0.05) is 17.8 Å². The van der Waals surface area contributed by atoms with Gasteiger partial charge in [-0.15, -0.1) is 5.10 Å². The van der Waals surface area contributed by atoms with Crippen molar-refractivity contribution in [3.63, 3.8) is 0 Å². The maximum absolute atomic E-state index is 12.0. The molecule has 0 radical (unpaired) electrons. The van der Waals surface area contributed by atoms with E-state index in [2.05, 4.69) is 31.9 Å². The van der Waals surface area contributed by atoms with Gasteiger partial charge < -0.3 is 5.32 Å². The van der Waals surface area contributed by atoms with Gasteiger partial charge in [0.25, 0.3) is 5.91 Å². The molecule has 2 heterocycles. The second-order valence-electron chi connectivity index (χ2n) is 4.10. The van der Waals surface area contributed by atoms with Gasteiger partial charge in [0.2, 0.25) is 0 Å². The van der Waals surface area contributed by atoms with Crippen molar-refractivity contribution in [2.45, 2.75) is 26.2 Å². The SMILES string of the molecule is CCCc1nnsc1C(=O)NCCc1ncnn1C. The molecule has 102 valence electrons. The summed E-state index contributed by atoms with van der Waals surface area (Å²) in [6.45, 7) is 2.57. The molecule has 0 aliphatic rings. The molecular weight excluding hydrogens is 264 g/mol. The summed E-state index contributed by atoms with van der Waals surface area (Å²) in [5, 5.41) is 10.8. The number of carbonyl (C=O) groups excluding carboxylic acids is 1. The van der Waals surface area contributed by atoms with Crippen molar-refractivity contribution in [2.24, 2.45) is 7.05 Å². The summed E-state index contributed by atoms with van der Waals surface area (Å²) in [6, 6.07) is 0. The zero-order valence-corrected chi connectivity index (χ0v) is 11.8. The summed E-state index contributed by atoms with van der Waals surface area (Å²) in [5.74, 6) is 0.733. The Bertz CT molecular complexity index is 549. The molecule has 2 aromatic rings. The van der Waals surface area contributed by atoms with E-state index >= 15 is 0 Å². The van der Waals surface area contributed by atoms with Gasteiger partial charge in [0, 0.05) is 20.0 Å². The predicted octanol–water partition coefficient (Wildman–Crippen LogP) is 0.592. The Hall–Kier alpha value is -1.83. The van der Waals surface area contributed by atoms with E-state index < -0.39 is 0 Å². The number of nitrogens with one attached hydrogen (secondary N) is 1. The zero-order valence-electron chi connectivity index (χ0n) is 11.0. The minimum atomic E-state index is -0.111. The highest BCUT2D eigenvalue weighted by molar-refractivity contribution is 7.08. The van der Waals surface area contributed by atoms with Gasteiger partial charge in [-0.25, -0.2) is 4.98 Å². The fraction of sp³-hybridized carbons (Fsp3) is 0.545. The highest BCUT2D eigenvalue weighted by atomic mass is 32.1. The molecule has 0 fully saturated rings. The Morgan fingerprint density at radius 3 is 3.00 bits per heavy atom. The van der Waals surface area contributed by atoms with Crippen molar-refractivity contribution in [1.29, 1.82) is 0 Å². The van der Waals surface area contributed by atoms with Gasteiger partial charge >= 0.3 is 0 Å². The lowest BCUT2D eigenvalue weighted by Gasteiger charge is -2.04. The number of aryl methyl sites for hydroxylation is 2. The van der Waals surface area contributed by atoms with Gasteiger partial charge in [-0.2, -0.15) is 5.10 Å². The molecule has 1 amide bonds. The largest absolute Gasteiger partial charge is 0.351 e. The summed E-state index contributed by atoms with van der Waals surface area (Å²) >= 11 is 1.14. The number of hydrogen-bond donors (Lipinski definition) is 1. The van der Waals surface area contributed by atoms with Gasteiger partial charge in [0.15, 0.2) is 0 Å². The first kappa shape index (κ1) is 13.6. The Morgan fingerprint density at radius 2 is 2.32 bits per heavy atom. The fourth-order valence-electron chi connectivity index (χ4n) is 1.70. The van der Waals surface area contributed by atoms with Crippen LogP contribution in [0.5, 0.6) is 0 Å². The molecule has 0 atom stereocenters. The number of hydrogen-bond acceptors (Lipinski definition) is 6. The van der Waals surface area contributed by atoms with Crippen LogP contribution in [0, 0.1) is 0 Å². The number of carbonyl (C=O) groups is 1. The molecule has 8 heteroatoms. The van der Waals surface area contributed by atoms with Crippen molar-refractivity contribution < 1.29 is 4.79 Å². The quantitative estimate of drug-likeness (QED) is 0.837. The maximum atomic E-state index is 12.0. The van der Waals surface area contributed by atoms with Crippen LogP contribution in [0.1, 0.15) is 34.5 Å². The monoisotopic (exact) mass is 280 g/mol. The number of amides is 1. The fourth-order valence-corrected chi connectivity index (χ4v) is 2.32. The average Bonchev–Trinajstić information content (AvgIpc) is 3.00. The van der Waals surface area contributed by atoms with E-state index in [9.17, 15) is 4.79 Å². The first-order valence-corrected chi connectivity index (χ1v) is 6.92. The van der Waals surface area contributed by atoms with Crippen LogP contribution in [-0.4, -0.2) is 36.8 Å². The van der Waals surface area contributed by atoms with Crippen molar-refractivity contribution in [2.75, 3.05) is 6.54 Å². The van der Waals surface area contributed by atoms with E-state index in [0.29, 0.717) is 17.8 Å². The molecule has 2 aromatic heterocycles. The summed E-state index contributed by atoms with van der Waals surface area (Å²) < 4.78 is 5.54. The highest BCUT2D eigenvalue weighted by Gasteiger charge is 2.15. The van der Waals surface area contributed by atoms with Crippen LogP contribution in [0.25, 0.3) is 0 Å². The summed E-state index contributed by atoms with van der Waals surface area (Å²) in [4.78, 5) is 16.7. The van der Waals surface area contributed by atoms with Crippen LogP contribution in [-0.2, 0) is 19.9 Å². The van der Waals surface area contributed by atoms with Gasteiger partial charge in [0.1, 0.15) is 17.0 Å². The van der Waals surface area contributed by atoms with Crippen LogP contribution < -0.4 is 5.32 Å². The van der Waals surface area contributed by atoms with Crippen LogP contribution in [0.4, 0.5) is 0 Å². The lowest BCUT2D eigenvalue weighted by Crippen LogP contribution is -2.26. The van der Waals surface area contributed by atoms with Gasteiger partial charge in [0.05, 0.1) is 5.69 Å². The lowest BCUT2D eigenvalue weighted by molar-refractivity contribution is 0.0957. The van der Waals surface area contributed by atoms with Crippen LogP contribution in [0.15, 0.2) is 6.33 Å². The third-order valence-electron chi connectivity index (χ3n) is 2.69. The lowest BCUT2D eigenvalue weighted by atomic mass is 10.2. The molecular formula is C11H16N6OS. The van der Waals surface area contributed by atoms with Crippen molar-refractivity contribution in [3.8, 4) is 0 Å². The highest BCUT2D eigenvalue weighted by Crippen LogP contribution is 2.12. The summed E-state index contributed by atoms with van der Waals surface area (Å²) in [7, 11) is 1.83. The molecule has 7 nitrogen and oxygen atoms in total. The maximum Gasteiger partial charge on any atom is 0.264 e. The van der Waals surface area contributed by atoms with Crippen LogP contribution in [0.3, 0.4) is 0 Å². The summed E-state index contributed by atoms with van der Waals surface area (Å²) in [5.41, 5.74) is 0.781. The normalized spacial score (nSPS) is 10.6. The first-order valence-electron chi connectivity index (χ1n) is 6.14. The second kappa shape index (κ2) is 6.37. The van der Waals surface area contributed by atoms with Crippen molar-refractivity contribution in [3.05, 3.63) is 22.7 Å². The Morgan fingerprint density at radius 1 is 1.47 bits per heavy atom. The van der Waals surface area contributed by atoms with E-state index in [1.807, 2.05) is 7.05 Å². The minimum absolute atomic E-state index is 0.111. The van der Waals surface area contributed by atoms with Crippen LogP contribution in [0.2, 0.25) is 0 Å². The number of aromatic nitrogens is 5.